The van der Waals surface area contributed by atoms with Gasteiger partial charge < -0.3 is 4.90 Å². The van der Waals surface area contributed by atoms with Crippen LogP contribution in [0.15, 0.2) is 36.4 Å². The van der Waals surface area contributed by atoms with Crippen molar-refractivity contribution in [2.75, 3.05) is 26.4 Å². The van der Waals surface area contributed by atoms with Crippen molar-refractivity contribution in [2.24, 2.45) is 0 Å². The molecule has 0 unspecified atom stereocenters. The van der Waals surface area contributed by atoms with Gasteiger partial charge in [-0.15, -0.1) is 0 Å². The maximum atomic E-state index is 16.5. The average molecular weight is 488 g/mol. The summed E-state index contributed by atoms with van der Waals surface area (Å²) < 4.78 is 86.4. The quantitative estimate of drug-likeness (QED) is 0.499. The molecular formula is C22H25F4N3O3S. The van der Waals surface area contributed by atoms with E-state index >= 15 is 8.78 Å². The van der Waals surface area contributed by atoms with Gasteiger partial charge in [0.15, 0.2) is 11.6 Å². The Labute approximate surface area is 190 Å². The highest BCUT2D eigenvalue weighted by atomic mass is 32.2. The maximum Gasteiger partial charge on any atom is 0.322 e. The maximum absolute atomic E-state index is 16.5. The van der Waals surface area contributed by atoms with Crippen molar-refractivity contribution in [1.29, 1.82) is 0 Å². The number of hydrogen-bond donors (Lipinski definition) is 1. The number of carbonyl (C=O) groups excluding carboxylic acids is 1. The van der Waals surface area contributed by atoms with E-state index in [9.17, 15) is 22.0 Å². The molecule has 1 fully saturated rings. The third-order valence-electron chi connectivity index (χ3n) is 5.70. The summed E-state index contributed by atoms with van der Waals surface area (Å²) in [4.78, 5) is 14.6. The molecule has 1 aliphatic heterocycles. The summed E-state index contributed by atoms with van der Waals surface area (Å²) in [5.41, 5.74) is -0.821. The first-order chi connectivity index (χ1) is 15.4. The number of nitrogens with zero attached hydrogens (tertiary/aromatic N) is 2. The highest BCUT2D eigenvalue weighted by Crippen LogP contribution is 2.38. The van der Waals surface area contributed by atoms with E-state index in [0.717, 1.165) is 15.9 Å². The van der Waals surface area contributed by atoms with Gasteiger partial charge in [-0.1, -0.05) is 30.3 Å². The predicted molar refractivity (Wildman–Crippen MR) is 116 cm³/mol. The zero-order chi connectivity index (χ0) is 24.6. The van der Waals surface area contributed by atoms with Crippen molar-refractivity contribution in [3.63, 3.8) is 0 Å². The second-order valence-corrected chi connectivity index (χ2v) is 10.1. The van der Waals surface area contributed by atoms with Crippen molar-refractivity contribution in [3.05, 3.63) is 59.4 Å². The molecule has 180 valence electrons. The first-order valence-corrected chi connectivity index (χ1v) is 12.0. The minimum Gasteiger partial charge on any atom is -0.331 e. The monoisotopic (exact) mass is 487 g/mol. The van der Waals surface area contributed by atoms with Crippen LogP contribution in [-0.2, 0) is 16.4 Å². The summed E-state index contributed by atoms with van der Waals surface area (Å²) in [6.45, 7) is 1.29. The summed E-state index contributed by atoms with van der Waals surface area (Å²) >= 11 is 0. The Morgan fingerprint density at radius 2 is 1.73 bits per heavy atom. The number of hydrogen-bond acceptors (Lipinski definition) is 3. The van der Waals surface area contributed by atoms with Gasteiger partial charge in [0.2, 0.25) is 15.8 Å². The fourth-order valence-corrected chi connectivity index (χ4v) is 4.82. The summed E-state index contributed by atoms with van der Waals surface area (Å²) in [7, 11) is -1.00. The van der Waals surface area contributed by atoms with Crippen LogP contribution in [-0.4, -0.2) is 62.5 Å². The van der Waals surface area contributed by atoms with E-state index in [2.05, 4.69) is 4.72 Å². The molecule has 6 nitrogen and oxygen atoms in total. The molecule has 33 heavy (non-hydrogen) atoms. The van der Waals surface area contributed by atoms with Crippen LogP contribution in [0.3, 0.4) is 0 Å². The third-order valence-corrected chi connectivity index (χ3v) is 7.10. The lowest BCUT2D eigenvalue weighted by Crippen LogP contribution is -2.58. The molecule has 0 aromatic heterocycles. The smallest absolute Gasteiger partial charge is 0.322 e. The van der Waals surface area contributed by atoms with Crippen LogP contribution in [0.1, 0.15) is 18.9 Å². The van der Waals surface area contributed by atoms with Crippen molar-refractivity contribution < 1.29 is 30.8 Å². The molecule has 0 aliphatic carbocycles. The van der Waals surface area contributed by atoms with Gasteiger partial charge in [-0.05, 0) is 25.0 Å². The first-order valence-electron chi connectivity index (χ1n) is 10.3. The Bertz CT molecular complexity index is 1160. The van der Waals surface area contributed by atoms with E-state index in [1.807, 2.05) is 0 Å². The predicted octanol–water partition coefficient (Wildman–Crippen LogP) is 3.67. The Balaban J connectivity index is 2.06. The topological polar surface area (TPSA) is 69.7 Å². The van der Waals surface area contributed by atoms with Crippen LogP contribution in [0.25, 0.3) is 11.1 Å². The second-order valence-electron chi connectivity index (χ2n) is 8.07. The molecular weight excluding hydrogens is 462 g/mol. The molecule has 1 heterocycles. The molecule has 1 N–H and O–H groups in total. The molecule has 2 atom stereocenters. The van der Waals surface area contributed by atoms with E-state index in [0.29, 0.717) is 0 Å². The van der Waals surface area contributed by atoms with Crippen LogP contribution in [0, 0.1) is 17.5 Å². The number of alkyl halides is 1. The number of amides is 2. The summed E-state index contributed by atoms with van der Waals surface area (Å²) in [6, 6.07) is 5.14. The normalized spacial score (nSPS) is 20.8. The number of likely N-dealkylation sites (tertiary alicyclic amines) is 1. The number of sulfonamides is 1. The SMILES string of the molecule is CCS(=O)(=O)N[C@@H]1CCN(C(=O)N(C)C)[C@]1(F)Cc1cccc(-c2cccc(F)c2F)c1F. The summed E-state index contributed by atoms with van der Waals surface area (Å²) in [5, 5.41) is 0. The van der Waals surface area contributed by atoms with Crippen LogP contribution in [0.5, 0.6) is 0 Å². The summed E-state index contributed by atoms with van der Waals surface area (Å²) in [5.74, 6) is -6.29. The average Bonchev–Trinajstić information content (AvgIpc) is 3.06. The van der Waals surface area contributed by atoms with Gasteiger partial charge in [-0.2, -0.15) is 0 Å². The van der Waals surface area contributed by atoms with Crippen LogP contribution < -0.4 is 4.72 Å². The molecule has 0 saturated carbocycles. The molecule has 0 spiro atoms. The Hall–Kier alpha value is -2.66. The molecule has 3 rings (SSSR count). The Morgan fingerprint density at radius 1 is 1.12 bits per heavy atom. The third kappa shape index (κ3) is 4.84. The lowest BCUT2D eigenvalue weighted by molar-refractivity contribution is 0.00525. The van der Waals surface area contributed by atoms with E-state index in [1.165, 1.54) is 51.4 Å². The molecule has 2 aromatic rings. The molecule has 0 bridgehead atoms. The fourth-order valence-electron chi connectivity index (χ4n) is 3.92. The number of urea groups is 1. The van der Waals surface area contributed by atoms with Gasteiger partial charge in [-0.3, -0.25) is 4.90 Å². The number of carbonyl (C=O) groups is 1. The highest BCUT2D eigenvalue weighted by molar-refractivity contribution is 7.89. The van der Waals surface area contributed by atoms with Gasteiger partial charge in [-0.25, -0.2) is 35.5 Å². The van der Waals surface area contributed by atoms with Crippen molar-refractivity contribution in [2.45, 2.75) is 31.6 Å². The minimum atomic E-state index is -3.83. The van der Waals surface area contributed by atoms with E-state index in [-0.39, 0.29) is 35.4 Å². The molecule has 11 heteroatoms. The van der Waals surface area contributed by atoms with E-state index in [4.69, 9.17) is 0 Å². The van der Waals surface area contributed by atoms with Crippen LogP contribution >= 0.6 is 0 Å². The number of rotatable bonds is 6. The number of halogens is 4. The first kappa shape index (κ1) is 25.0. The van der Waals surface area contributed by atoms with Crippen LogP contribution in [0.2, 0.25) is 0 Å². The minimum absolute atomic E-state index is 0.0187. The molecule has 0 radical (unpaired) electrons. The van der Waals surface area contributed by atoms with Gasteiger partial charge in [0.05, 0.1) is 11.8 Å². The second kappa shape index (κ2) is 9.30. The van der Waals surface area contributed by atoms with Crippen molar-refractivity contribution >= 4 is 16.1 Å². The lowest BCUT2D eigenvalue weighted by atomic mass is 9.94. The lowest BCUT2D eigenvalue weighted by Gasteiger charge is -2.37. The number of nitrogens with one attached hydrogen (secondary N) is 1. The molecule has 2 amide bonds. The largest absolute Gasteiger partial charge is 0.331 e. The molecule has 2 aromatic carbocycles. The van der Waals surface area contributed by atoms with Crippen molar-refractivity contribution in [1.82, 2.24) is 14.5 Å². The summed E-state index contributed by atoms with van der Waals surface area (Å²) in [6.07, 6.45) is -0.713. The zero-order valence-corrected chi connectivity index (χ0v) is 19.2. The zero-order valence-electron chi connectivity index (χ0n) is 18.4. The molecule has 1 saturated heterocycles. The standard InChI is InChI=1S/C22H25F4N3O3S/c1-4-33(31,32)27-18-11-12-29(21(30)28(2)3)22(18,26)13-14-7-5-8-15(19(14)24)16-9-6-10-17(23)20(16)25/h5-10,18,27H,4,11-13H2,1-3H3/t18-,22-/m1/s1. The van der Waals surface area contributed by atoms with Gasteiger partial charge in [0.25, 0.3) is 0 Å². The Morgan fingerprint density at radius 3 is 2.33 bits per heavy atom. The van der Waals surface area contributed by atoms with Gasteiger partial charge >= 0.3 is 6.03 Å². The van der Waals surface area contributed by atoms with E-state index in [1.54, 1.807) is 0 Å². The van der Waals surface area contributed by atoms with E-state index < -0.39 is 51.8 Å². The number of benzene rings is 2. The van der Waals surface area contributed by atoms with Crippen LogP contribution in [0.4, 0.5) is 22.4 Å². The van der Waals surface area contributed by atoms with Gasteiger partial charge in [0, 0.05) is 38.2 Å². The Kier molecular flexibility index (Phi) is 7.04. The highest BCUT2D eigenvalue weighted by Gasteiger charge is 2.53. The molecule has 1 aliphatic rings. The van der Waals surface area contributed by atoms with Crippen molar-refractivity contribution in [3.8, 4) is 11.1 Å². The van der Waals surface area contributed by atoms with Gasteiger partial charge in [0.1, 0.15) is 5.82 Å². The fraction of sp³-hybridized carbons (Fsp3) is 0.409.